The number of nitrogens with two attached hydrogens (primary N) is 1. The van der Waals surface area contributed by atoms with Crippen molar-refractivity contribution >= 4 is 55.5 Å². The van der Waals surface area contributed by atoms with Gasteiger partial charge in [-0.2, -0.15) is 5.10 Å². The van der Waals surface area contributed by atoms with Crippen LogP contribution in [0, 0.1) is 5.82 Å². The van der Waals surface area contributed by atoms with Crippen molar-refractivity contribution in [1.82, 2.24) is 15.5 Å². The van der Waals surface area contributed by atoms with Crippen LogP contribution in [0.1, 0.15) is 11.7 Å². The zero-order valence-corrected chi connectivity index (χ0v) is 21.0. The highest BCUT2D eigenvalue weighted by atomic mass is 35.5. The normalized spacial score (nSPS) is 12.6. The molecule has 36 heavy (non-hydrogen) atoms. The lowest BCUT2D eigenvalue weighted by molar-refractivity contribution is 0.172. The summed E-state index contributed by atoms with van der Waals surface area (Å²) >= 11 is 12.1. The zero-order chi connectivity index (χ0) is 25.9. The first kappa shape index (κ1) is 26.0. The van der Waals surface area contributed by atoms with Crippen LogP contribution in [0.4, 0.5) is 15.8 Å². The molecule has 0 bridgehead atoms. The van der Waals surface area contributed by atoms with E-state index in [1.807, 2.05) is 0 Å². The number of ether oxygens (including phenoxy) is 1. The number of aromatic amines is 1. The van der Waals surface area contributed by atoms with Gasteiger partial charge in [-0.15, -0.1) is 0 Å². The molecule has 1 atom stereocenters. The quantitative estimate of drug-likeness (QED) is 0.147. The Labute approximate surface area is 216 Å². The van der Waals surface area contributed by atoms with Crippen molar-refractivity contribution in [1.29, 1.82) is 0 Å². The van der Waals surface area contributed by atoms with Gasteiger partial charge in [0.2, 0.25) is 0 Å². The van der Waals surface area contributed by atoms with Crippen LogP contribution in [0.3, 0.4) is 0 Å². The van der Waals surface area contributed by atoms with E-state index < -0.39 is 26.8 Å². The summed E-state index contributed by atoms with van der Waals surface area (Å²) in [5, 5.41) is 21.7. The summed E-state index contributed by atoms with van der Waals surface area (Å²) in [5.74, 6) is -0.331. The molecule has 190 valence electrons. The number of sulfonamides is 1. The smallest absolute Gasteiger partial charge is 0.264 e. The van der Waals surface area contributed by atoms with E-state index in [9.17, 15) is 17.9 Å². The number of aliphatic hydroxyl groups excluding tert-OH is 1. The topological polar surface area (TPSA) is 142 Å². The zero-order valence-electron chi connectivity index (χ0n) is 18.6. The van der Waals surface area contributed by atoms with Crippen molar-refractivity contribution in [2.45, 2.75) is 11.0 Å². The Hall–Kier alpha value is -3.09. The predicted molar refractivity (Wildman–Crippen MR) is 138 cm³/mol. The predicted octanol–water partition coefficient (Wildman–Crippen LogP) is 4.09. The van der Waals surface area contributed by atoms with Gasteiger partial charge in [-0.05, 0) is 48.0 Å². The summed E-state index contributed by atoms with van der Waals surface area (Å²) in [6.07, 6.45) is -0.975. The maximum atomic E-state index is 14.1. The van der Waals surface area contributed by atoms with Crippen molar-refractivity contribution in [2.75, 3.05) is 30.2 Å². The number of halogens is 3. The Kier molecular flexibility index (Phi) is 7.86. The Morgan fingerprint density at radius 1 is 1.14 bits per heavy atom. The first-order valence-electron chi connectivity index (χ1n) is 10.7. The second-order valence-electron chi connectivity index (χ2n) is 7.82. The number of benzene rings is 3. The van der Waals surface area contributed by atoms with E-state index in [4.69, 9.17) is 33.7 Å². The molecular formula is C23H22Cl2FN5O4S. The lowest BCUT2D eigenvalue weighted by atomic mass is 10.1. The van der Waals surface area contributed by atoms with Crippen molar-refractivity contribution < 1.29 is 22.7 Å². The highest BCUT2D eigenvalue weighted by Crippen LogP contribution is 2.29. The molecule has 1 aromatic heterocycles. The molecule has 0 saturated heterocycles. The van der Waals surface area contributed by atoms with Crippen LogP contribution in [-0.4, -0.2) is 43.4 Å². The van der Waals surface area contributed by atoms with Gasteiger partial charge in [0.25, 0.3) is 10.0 Å². The molecule has 0 aliphatic heterocycles. The van der Waals surface area contributed by atoms with Crippen molar-refractivity contribution in [3.8, 4) is 5.75 Å². The number of aliphatic hydroxyl groups is 1. The second kappa shape index (κ2) is 10.9. The van der Waals surface area contributed by atoms with E-state index in [0.717, 1.165) is 17.5 Å². The second-order valence-corrected chi connectivity index (χ2v) is 10.3. The molecule has 0 aliphatic rings. The van der Waals surface area contributed by atoms with Crippen LogP contribution in [-0.2, 0) is 10.0 Å². The number of nitrogens with one attached hydrogen (secondary N) is 3. The number of fused-ring (bicyclic) bond motifs is 1. The maximum absolute atomic E-state index is 14.1. The van der Waals surface area contributed by atoms with E-state index >= 15 is 0 Å². The van der Waals surface area contributed by atoms with Crippen LogP contribution in [0.2, 0.25) is 10.2 Å². The molecule has 0 fully saturated rings. The standard InChI is InChI=1S/C23H22Cl2FN5O4S/c24-17-5-1-13(9-20(17)31-36(33,34)22-10-14(27)2-6-18(22)26)21(32)12-28-7-8-35-15-3-4-16-19(11-15)29-30-23(16)25/h1-6,9-11,21,28,31-32H,7-8,12,27H2,(H,29,30)/t21-/m0/s1. The molecule has 3 aromatic carbocycles. The molecular weight excluding hydrogens is 532 g/mol. The molecule has 6 N–H and O–H groups in total. The van der Waals surface area contributed by atoms with Crippen molar-refractivity contribution in [2.24, 2.45) is 0 Å². The number of hydrogen-bond donors (Lipinski definition) is 5. The first-order chi connectivity index (χ1) is 17.1. The van der Waals surface area contributed by atoms with E-state index in [1.165, 1.54) is 18.2 Å². The Morgan fingerprint density at radius 2 is 1.94 bits per heavy atom. The SMILES string of the molecule is Nc1ccc(F)c(S(=O)(=O)Nc2cc([C@@H](O)CNCCOc3ccc4c(Cl)[nH]nc4c3)ccc2Cl)c1. The molecule has 0 radical (unpaired) electrons. The maximum Gasteiger partial charge on any atom is 0.264 e. The first-order valence-corrected chi connectivity index (χ1v) is 12.9. The molecule has 4 rings (SSSR count). The number of H-pyrrole nitrogens is 1. The Bertz CT molecular complexity index is 1500. The number of anilines is 2. The van der Waals surface area contributed by atoms with Gasteiger partial charge in [0.15, 0.2) is 0 Å². The van der Waals surface area contributed by atoms with E-state index in [2.05, 4.69) is 20.2 Å². The fourth-order valence-corrected chi connectivity index (χ4v) is 5.01. The number of hydrogen-bond acceptors (Lipinski definition) is 7. The van der Waals surface area contributed by atoms with Crippen LogP contribution < -0.4 is 20.5 Å². The third-order valence-corrected chi connectivity index (χ3v) is 7.23. The minimum absolute atomic E-state index is 0.00719. The van der Waals surface area contributed by atoms with Gasteiger partial charge < -0.3 is 20.9 Å². The monoisotopic (exact) mass is 553 g/mol. The Balaban J connectivity index is 1.33. The highest BCUT2D eigenvalue weighted by Gasteiger charge is 2.21. The summed E-state index contributed by atoms with van der Waals surface area (Å²) in [4.78, 5) is -0.610. The van der Waals surface area contributed by atoms with Crippen LogP contribution >= 0.6 is 23.2 Å². The van der Waals surface area contributed by atoms with Gasteiger partial charge in [0.05, 0.1) is 22.3 Å². The van der Waals surface area contributed by atoms with Crippen molar-refractivity contribution in [3.63, 3.8) is 0 Å². The number of nitrogens with zero attached hydrogens (tertiary/aromatic N) is 1. The molecule has 0 saturated carbocycles. The summed E-state index contributed by atoms with van der Waals surface area (Å²) in [7, 11) is -4.31. The van der Waals surface area contributed by atoms with Gasteiger partial charge in [-0.3, -0.25) is 9.82 Å². The van der Waals surface area contributed by atoms with E-state index in [-0.39, 0.29) is 22.9 Å². The Morgan fingerprint density at radius 3 is 2.75 bits per heavy atom. The average Bonchev–Trinajstić information content (AvgIpc) is 3.21. The molecule has 0 spiro atoms. The average molecular weight is 554 g/mol. The lowest BCUT2D eigenvalue weighted by Crippen LogP contribution is -2.26. The van der Waals surface area contributed by atoms with Gasteiger partial charge in [0, 0.05) is 30.2 Å². The molecule has 1 heterocycles. The molecule has 13 heteroatoms. The van der Waals surface area contributed by atoms with E-state index in [0.29, 0.717) is 35.1 Å². The third kappa shape index (κ3) is 6.00. The summed E-state index contributed by atoms with van der Waals surface area (Å²) in [5.41, 5.74) is 6.77. The van der Waals surface area contributed by atoms with Crippen LogP contribution in [0.5, 0.6) is 5.75 Å². The minimum Gasteiger partial charge on any atom is -0.492 e. The molecule has 0 amide bonds. The summed E-state index contributed by atoms with van der Waals surface area (Å²) < 4.78 is 47.4. The fraction of sp³-hybridized carbons (Fsp3) is 0.174. The molecule has 0 unspecified atom stereocenters. The van der Waals surface area contributed by atoms with Crippen LogP contribution in [0.15, 0.2) is 59.5 Å². The highest BCUT2D eigenvalue weighted by molar-refractivity contribution is 7.92. The van der Waals surface area contributed by atoms with Crippen molar-refractivity contribution in [3.05, 3.63) is 76.2 Å². The van der Waals surface area contributed by atoms with E-state index in [1.54, 1.807) is 24.3 Å². The number of rotatable bonds is 10. The van der Waals surface area contributed by atoms with Gasteiger partial charge in [0.1, 0.15) is 28.2 Å². The largest absolute Gasteiger partial charge is 0.492 e. The van der Waals surface area contributed by atoms with Gasteiger partial charge >= 0.3 is 0 Å². The number of aromatic nitrogens is 2. The van der Waals surface area contributed by atoms with Gasteiger partial charge in [-0.25, -0.2) is 12.8 Å². The molecule has 9 nitrogen and oxygen atoms in total. The lowest BCUT2D eigenvalue weighted by Gasteiger charge is -2.16. The minimum atomic E-state index is -4.31. The molecule has 4 aromatic rings. The molecule has 0 aliphatic carbocycles. The number of nitrogen functional groups attached to an aromatic ring is 1. The third-order valence-electron chi connectivity index (χ3n) is 5.23. The van der Waals surface area contributed by atoms with Crippen LogP contribution in [0.25, 0.3) is 10.9 Å². The summed E-state index contributed by atoms with van der Waals surface area (Å²) in [6.45, 7) is 0.918. The summed E-state index contributed by atoms with van der Waals surface area (Å²) in [6, 6.07) is 13.0. The fourth-order valence-electron chi connectivity index (χ4n) is 3.40. The van der Waals surface area contributed by atoms with Gasteiger partial charge in [-0.1, -0.05) is 29.3 Å².